The van der Waals surface area contributed by atoms with Crippen LogP contribution in [0.3, 0.4) is 0 Å². The number of Topliss-reactive ketones (excluding diaryl/α,β-unsaturated/α-hetero) is 1. The lowest BCUT2D eigenvalue weighted by molar-refractivity contribution is -0.133. The summed E-state index contributed by atoms with van der Waals surface area (Å²) in [6.45, 7) is 14.0. The van der Waals surface area contributed by atoms with E-state index in [0.29, 0.717) is 42.9 Å². The first-order chi connectivity index (χ1) is 15.9. The maximum Gasteiger partial charge on any atom is 0.240 e. The molecule has 2 heterocycles. The van der Waals surface area contributed by atoms with E-state index >= 15 is 0 Å². The van der Waals surface area contributed by atoms with Gasteiger partial charge in [0.25, 0.3) is 0 Å². The Morgan fingerprint density at radius 1 is 1.00 bits per heavy atom. The van der Waals surface area contributed by atoms with Gasteiger partial charge in [-0.05, 0) is 29.5 Å². The summed E-state index contributed by atoms with van der Waals surface area (Å²) in [5.41, 5.74) is 4.82. The quantitative estimate of drug-likeness (QED) is 0.541. The Morgan fingerprint density at radius 2 is 1.71 bits per heavy atom. The molecule has 2 aromatic rings. The highest BCUT2D eigenvalue weighted by Crippen LogP contribution is 2.41. The molecule has 0 atom stereocenters. The molecule has 0 saturated carbocycles. The third kappa shape index (κ3) is 4.59. The average Bonchev–Trinajstić information content (AvgIpc) is 3.39. The lowest BCUT2D eigenvalue weighted by Crippen LogP contribution is -2.31. The molecule has 0 radical (unpaired) electrons. The van der Waals surface area contributed by atoms with Crippen molar-refractivity contribution in [3.8, 4) is 0 Å². The van der Waals surface area contributed by atoms with E-state index in [1.165, 1.54) is 5.56 Å². The van der Waals surface area contributed by atoms with Crippen LogP contribution in [-0.4, -0.2) is 29.1 Å². The lowest BCUT2D eigenvalue weighted by atomic mass is 9.80. The van der Waals surface area contributed by atoms with E-state index in [4.69, 9.17) is 9.47 Å². The van der Waals surface area contributed by atoms with Gasteiger partial charge in [0.05, 0.1) is 18.8 Å². The number of benzene rings is 1. The van der Waals surface area contributed by atoms with Gasteiger partial charge < -0.3 is 14.6 Å². The van der Waals surface area contributed by atoms with Gasteiger partial charge in [-0.25, -0.2) is 0 Å². The minimum absolute atomic E-state index is 0.0512. The Labute approximate surface area is 202 Å². The Morgan fingerprint density at radius 3 is 2.24 bits per heavy atom. The molecule has 0 spiro atoms. The van der Waals surface area contributed by atoms with E-state index in [0.717, 1.165) is 11.1 Å². The van der Waals surface area contributed by atoms with Gasteiger partial charge in [0, 0.05) is 35.6 Å². The number of carbonyl (C=O) groups is 1. The third-order valence-corrected chi connectivity index (χ3v) is 6.56. The highest BCUT2D eigenvalue weighted by molar-refractivity contribution is 6.23. The van der Waals surface area contributed by atoms with Crippen LogP contribution in [0.25, 0.3) is 5.57 Å². The number of aryl methyl sites for hydroxylation is 1. The smallest absolute Gasteiger partial charge is 0.240 e. The zero-order valence-electron chi connectivity index (χ0n) is 21.1. The van der Waals surface area contributed by atoms with Crippen molar-refractivity contribution in [1.82, 2.24) is 4.98 Å². The van der Waals surface area contributed by atoms with E-state index < -0.39 is 5.79 Å². The fraction of sp³-hybridized carbons (Fsp3) is 0.448. The topological polar surface area (TPSA) is 68.7 Å². The first kappa shape index (κ1) is 24.4. The Bertz CT molecular complexity index is 1140. The van der Waals surface area contributed by atoms with E-state index in [2.05, 4.69) is 76.9 Å². The summed E-state index contributed by atoms with van der Waals surface area (Å²) < 4.78 is 12.4. The normalized spacial score (nSPS) is 18.9. The second-order valence-electron chi connectivity index (χ2n) is 10.9. The number of ketones is 1. The second kappa shape index (κ2) is 8.79. The fourth-order valence-electron chi connectivity index (χ4n) is 4.55. The number of aliphatic hydroxyl groups excluding tert-OH is 1. The summed E-state index contributed by atoms with van der Waals surface area (Å²) in [4.78, 5) is 16.8. The van der Waals surface area contributed by atoms with Crippen LogP contribution in [0.15, 0.2) is 54.4 Å². The molecule has 5 nitrogen and oxygen atoms in total. The number of hydrogen-bond donors (Lipinski definition) is 1. The van der Waals surface area contributed by atoms with Crippen molar-refractivity contribution in [3.05, 3.63) is 82.4 Å². The van der Waals surface area contributed by atoms with Crippen molar-refractivity contribution < 1.29 is 19.4 Å². The fourth-order valence-corrected chi connectivity index (χ4v) is 4.55. The molecule has 1 saturated heterocycles. The minimum Gasteiger partial charge on any atom is -0.512 e. The van der Waals surface area contributed by atoms with E-state index in [1.807, 2.05) is 12.1 Å². The number of nitrogens with zero attached hydrogens (tertiary/aromatic N) is 1. The Hall–Kier alpha value is -2.76. The summed E-state index contributed by atoms with van der Waals surface area (Å²) in [6, 6.07) is 10.1. The third-order valence-electron chi connectivity index (χ3n) is 6.56. The van der Waals surface area contributed by atoms with Gasteiger partial charge in [0.1, 0.15) is 11.5 Å². The maximum absolute atomic E-state index is 12.2. The number of aromatic nitrogens is 1. The molecule has 1 aliphatic carbocycles. The van der Waals surface area contributed by atoms with Crippen molar-refractivity contribution in [2.75, 3.05) is 13.2 Å². The molecule has 5 heteroatoms. The molecule has 1 aliphatic heterocycles. The van der Waals surface area contributed by atoms with Crippen LogP contribution < -0.4 is 0 Å². The standard InChI is InChI=1S/C29H35NO4/c1-19-17-21(28(5,6)14-13-27(2,3)4)8-9-22(19)29(33-15-16-34-29)25-12-7-20(18-30-25)26-23(31)10-11-24(26)32/h7-9,12-14,17-18,31H,10-11,15-16H2,1-6H3/b14-13-. The highest BCUT2D eigenvalue weighted by Gasteiger charge is 2.43. The van der Waals surface area contributed by atoms with Crippen molar-refractivity contribution in [2.45, 2.75) is 65.6 Å². The average molecular weight is 462 g/mol. The molecule has 2 aliphatic rings. The van der Waals surface area contributed by atoms with Crippen LogP contribution in [0.1, 0.15) is 75.4 Å². The zero-order chi connectivity index (χ0) is 24.7. The van der Waals surface area contributed by atoms with Gasteiger partial charge in [-0.2, -0.15) is 0 Å². The van der Waals surface area contributed by atoms with Crippen molar-refractivity contribution >= 4 is 11.4 Å². The molecular formula is C29H35NO4. The molecule has 1 aromatic heterocycles. The number of allylic oxidation sites excluding steroid dienone is 4. The van der Waals surface area contributed by atoms with Crippen LogP contribution in [0, 0.1) is 12.3 Å². The summed E-state index contributed by atoms with van der Waals surface area (Å²) >= 11 is 0. The number of carbonyl (C=O) groups excluding carboxylic acids is 1. The number of hydrogen-bond acceptors (Lipinski definition) is 5. The van der Waals surface area contributed by atoms with Crippen molar-refractivity contribution in [3.63, 3.8) is 0 Å². The van der Waals surface area contributed by atoms with Gasteiger partial charge in [-0.15, -0.1) is 0 Å². The van der Waals surface area contributed by atoms with Gasteiger partial charge in [0.15, 0.2) is 5.78 Å². The first-order valence-corrected chi connectivity index (χ1v) is 12.0. The van der Waals surface area contributed by atoms with Gasteiger partial charge in [0.2, 0.25) is 5.79 Å². The summed E-state index contributed by atoms with van der Waals surface area (Å²) in [5, 5.41) is 10.1. The second-order valence-corrected chi connectivity index (χ2v) is 10.9. The maximum atomic E-state index is 12.2. The van der Waals surface area contributed by atoms with Crippen LogP contribution in [0.2, 0.25) is 0 Å². The van der Waals surface area contributed by atoms with Gasteiger partial charge in [-0.1, -0.05) is 71.0 Å². The first-order valence-electron chi connectivity index (χ1n) is 12.0. The monoisotopic (exact) mass is 461 g/mol. The molecule has 4 rings (SSSR count). The van der Waals surface area contributed by atoms with Crippen LogP contribution >= 0.6 is 0 Å². The van der Waals surface area contributed by atoms with Crippen molar-refractivity contribution in [1.29, 1.82) is 0 Å². The molecule has 1 N–H and O–H groups in total. The van der Waals surface area contributed by atoms with Crippen LogP contribution in [-0.2, 0) is 25.5 Å². The van der Waals surface area contributed by atoms with E-state index in [9.17, 15) is 9.90 Å². The molecule has 180 valence electrons. The molecule has 0 bridgehead atoms. The Balaban J connectivity index is 1.70. The van der Waals surface area contributed by atoms with Crippen LogP contribution in [0.5, 0.6) is 0 Å². The summed E-state index contributed by atoms with van der Waals surface area (Å²) in [5.74, 6) is -1.01. The molecule has 34 heavy (non-hydrogen) atoms. The van der Waals surface area contributed by atoms with E-state index in [-0.39, 0.29) is 22.4 Å². The van der Waals surface area contributed by atoms with Crippen LogP contribution in [0.4, 0.5) is 0 Å². The van der Waals surface area contributed by atoms with Gasteiger partial charge >= 0.3 is 0 Å². The predicted octanol–water partition coefficient (Wildman–Crippen LogP) is 6.15. The molecule has 1 aromatic carbocycles. The van der Waals surface area contributed by atoms with Gasteiger partial charge in [-0.3, -0.25) is 9.78 Å². The SMILES string of the molecule is Cc1cc(C(C)(C)/C=C\C(C)(C)C)ccc1C1(c2ccc(C3=C(O)CCC3=O)cn2)OCCO1. The molecule has 0 amide bonds. The molecule has 0 unspecified atom stereocenters. The molecule has 1 fully saturated rings. The number of rotatable bonds is 5. The predicted molar refractivity (Wildman–Crippen MR) is 134 cm³/mol. The Kier molecular flexibility index (Phi) is 6.30. The minimum atomic E-state index is -1.09. The highest BCUT2D eigenvalue weighted by atomic mass is 16.7. The number of ether oxygens (including phenoxy) is 2. The molecular weight excluding hydrogens is 426 g/mol. The number of aliphatic hydroxyl groups is 1. The van der Waals surface area contributed by atoms with Crippen molar-refractivity contribution in [2.24, 2.45) is 5.41 Å². The van der Waals surface area contributed by atoms with E-state index in [1.54, 1.807) is 6.20 Å². The summed E-state index contributed by atoms with van der Waals surface area (Å²) in [6.07, 6.45) is 6.88. The summed E-state index contributed by atoms with van der Waals surface area (Å²) in [7, 11) is 0. The largest absolute Gasteiger partial charge is 0.512 e. The lowest BCUT2D eigenvalue weighted by Gasteiger charge is -2.30. The zero-order valence-corrected chi connectivity index (χ0v) is 21.1. The number of pyridine rings is 1.